The van der Waals surface area contributed by atoms with Gasteiger partial charge in [-0.05, 0) is 149 Å². The first-order chi connectivity index (χ1) is 33.6. The molecule has 0 aromatic heterocycles. The summed E-state index contributed by atoms with van der Waals surface area (Å²) in [6, 6.07) is 34.5. The Bertz CT molecular complexity index is 2590. The molecule has 69 heavy (non-hydrogen) atoms. The molecule has 4 amide bonds. The van der Waals surface area contributed by atoms with Gasteiger partial charge in [0.1, 0.15) is 0 Å². The Morgan fingerprint density at radius 2 is 0.739 bits per heavy atom. The van der Waals surface area contributed by atoms with E-state index in [4.69, 9.17) is 37.9 Å². The van der Waals surface area contributed by atoms with Crippen LogP contribution in [0.3, 0.4) is 0 Å². The van der Waals surface area contributed by atoms with Crippen LogP contribution >= 0.6 is 0 Å². The van der Waals surface area contributed by atoms with Crippen LogP contribution in [0.4, 0.5) is 21.0 Å². The fraction of sp³-hybridized carbons (Fsp3) is 0.309. The molecule has 2 heterocycles. The predicted octanol–water partition coefficient (Wildman–Crippen LogP) is 10.1. The number of amides is 4. The third-order valence-electron chi connectivity index (χ3n) is 13.1. The van der Waals surface area contributed by atoms with Crippen molar-refractivity contribution >= 4 is 23.4 Å². The normalized spacial score (nSPS) is 15.0. The molecule has 0 saturated carbocycles. The summed E-state index contributed by atoms with van der Waals surface area (Å²) in [4.78, 5) is 32.1. The largest absolute Gasteiger partial charge is 0.493 e. The molecule has 0 saturated heterocycles. The number of fused-ring (bicyclic) bond motifs is 2. The standard InChI is InChI=1S/C55H60N4O10/c1-62-46-19-13-36(28-48(46)64-3)26-44-42-32-52(68-7)50(66-5)30-38(42)21-23-58(44)54(60)56-40-15-9-34(10-16-40)25-35-11-17-41(18-12-35)57-55(61)59-24-22-39-31-51(67-6)53(69-8)33-43(39)45(59)27-37-14-20-47(63-2)49(29-37)65-4/h9-20,28-33,44-45H,21-27H2,1-8H3,(H,56,60)(H,57,61). The van der Waals surface area contributed by atoms with E-state index in [0.29, 0.717) is 103 Å². The number of carbonyl (C=O) groups excluding carboxylic acids is 2. The van der Waals surface area contributed by atoms with Crippen LogP contribution in [0.5, 0.6) is 46.0 Å². The topological polar surface area (TPSA) is 139 Å². The average molecular weight is 937 g/mol. The lowest BCUT2D eigenvalue weighted by molar-refractivity contribution is 0.181. The highest BCUT2D eigenvalue weighted by molar-refractivity contribution is 5.91. The first-order valence-electron chi connectivity index (χ1n) is 22.8. The van der Waals surface area contributed by atoms with Crippen molar-refractivity contribution < 1.29 is 47.5 Å². The van der Waals surface area contributed by atoms with Crippen LogP contribution in [0.1, 0.15) is 56.6 Å². The van der Waals surface area contributed by atoms with Crippen molar-refractivity contribution in [3.8, 4) is 46.0 Å². The Balaban J connectivity index is 0.940. The minimum Gasteiger partial charge on any atom is -0.493 e. The highest BCUT2D eigenvalue weighted by Crippen LogP contribution is 2.43. The zero-order valence-corrected chi connectivity index (χ0v) is 40.5. The van der Waals surface area contributed by atoms with Crippen LogP contribution < -0.4 is 48.5 Å². The van der Waals surface area contributed by atoms with Crippen molar-refractivity contribution in [3.63, 3.8) is 0 Å². The van der Waals surface area contributed by atoms with Crippen molar-refractivity contribution in [2.45, 2.75) is 44.2 Å². The van der Waals surface area contributed by atoms with Crippen molar-refractivity contribution in [1.29, 1.82) is 0 Å². The van der Waals surface area contributed by atoms with Gasteiger partial charge in [-0.25, -0.2) is 9.59 Å². The number of urea groups is 2. The van der Waals surface area contributed by atoms with E-state index in [-0.39, 0.29) is 24.1 Å². The Kier molecular flexibility index (Phi) is 14.9. The lowest BCUT2D eigenvalue weighted by Crippen LogP contribution is -2.43. The van der Waals surface area contributed by atoms with Crippen LogP contribution in [0.25, 0.3) is 0 Å². The highest BCUT2D eigenvalue weighted by Gasteiger charge is 2.34. The summed E-state index contributed by atoms with van der Waals surface area (Å²) >= 11 is 0. The molecule has 14 heteroatoms. The number of hydrogen-bond donors (Lipinski definition) is 2. The monoisotopic (exact) mass is 936 g/mol. The molecule has 360 valence electrons. The van der Waals surface area contributed by atoms with Crippen molar-refractivity contribution in [2.75, 3.05) is 80.6 Å². The number of methoxy groups -OCH3 is 8. The summed E-state index contributed by atoms with van der Waals surface area (Å²) in [5, 5.41) is 6.31. The second-order valence-electron chi connectivity index (χ2n) is 16.9. The fourth-order valence-corrected chi connectivity index (χ4v) is 9.48. The minimum absolute atomic E-state index is 0.202. The Morgan fingerprint density at radius 1 is 0.420 bits per heavy atom. The van der Waals surface area contributed by atoms with Gasteiger partial charge in [0.05, 0.1) is 69.0 Å². The van der Waals surface area contributed by atoms with E-state index in [9.17, 15) is 9.59 Å². The van der Waals surface area contributed by atoms with Gasteiger partial charge in [0.2, 0.25) is 0 Å². The summed E-state index contributed by atoms with van der Waals surface area (Å²) in [6.45, 7) is 1.02. The van der Waals surface area contributed by atoms with Crippen molar-refractivity contribution in [2.24, 2.45) is 0 Å². The first kappa shape index (κ1) is 47.7. The third kappa shape index (κ3) is 10.4. The average Bonchev–Trinajstić information content (AvgIpc) is 3.38. The van der Waals surface area contributed by atoms with Crippen molar-refractivity contribution in [3.05, 3.63) is 154 Å². The van der Waals surface area contributed by atoms with Crippen LogP contribution in [-0.4, -0.2) is 91.8 Å². The van der Waals surface area contributed by atoms with Crippen LogP contribution in [0.2, 0.25) is 0 Å². The van der Waals surface area contributed by atoms with Gasteiger partial charge >= 0.3 is 12.1 Å². The van der Waals surface area contributed by atoms with E-state index in [2.05, 4.69) is 10.6 Å². The molecule has 2 atom stereocenters. The summed E-state index contributed by atoms with van der Waals surface area (Å²) in [5.74, 6) is 5.04. The molecule has 6 aromatic carbocycles. The third-order valence-corrected chi connectivity index (χ3v) is 13.1. The van der Waals surface area contributed by atoms with Gasteiger partial charge in [-0.15, -0.1) is 0 Å². The van der Waals surface area contributed by atoms with E-state index in [1.807, 2.05) is 119 Å². The number of anilines is 2. The smallest absolute Gasteiger partial charge is 0.322 e. The van der Waals surface area contributed by atoms with Gasteiger partial charge in [-0.1, -0.05) is 36.4 Å². The maximum Gasteiger partial charge on any atom is 0.322 e. The van der Waals surface area contributed by atoms with E-state index >= 15 is 0 Å². The number of nitrogens with zero attached hydrogens (tertiary/aromatic N) is 2. The van der Waals surface area contributed by atoms with E-state index < -0.39 is 0 Å². The Morgan fingerprint density at radius 3 is 1.09 bits per heavy atom. The number of carbonyl (C=O) groups is 2. The summed E-state index contributed by atoms with van der Waals surface area (Å²) in [5.41, 5.74) is 9.71. The van der Waals surface area contributed by atoms with Gasteiger partial charge in [0.15, 0.2) is 46.0 Å². The first-order valence-corrected chi connectivity index (χ1v) is 22.8. The second kappa shape index (κ2) is 21.5. The van der Waals surface area contributed by atoms with E-state index in [1.165, 1.54) is 0 Å². The quantitative estimate of drug-likeness (QED) is 0.0965. The molecule has 2 N–H and O–H groups in total. The van der Waals surface area contributed by atoms with Crippen LogP contribution in [0, 0.1) is 0 Å². The van der Waals surface area contributed by atoms with Crippen molar-refractivity contribution in [1.82, 2.24) is 9.80 Å². The lowest BCUT2D eigenvalue weighted by atomic mass is 9.88. The molecule has 0 bridgehead atoms. The second-order valence-corrected chi connectivity index (χ2v) is 16.9. The molecular weight excluding hydrogens is 877 g/mol. The van der Waals surface area contributed by atoms with E-state index in [1.54, 1.807) is 56.9 Å². The Hall–Kier alpha value is -7.74. The molecule has 2 aliphatic rings. The molecule has 0 spiro atoms. The molecule has 8 rings (SSSR count). The predicted molar refractivity (Wildman–Crippen MR) is 266 cm³/mol. The molecule has 6 aromatic rings. The van der Waals surface area contributed by atoms with Gasteiger partial charge in [-0.3, -0.25) is 0 Å². The van der Waals surface area contributed by atoms with Gasteiger partial charge in [-0.2, -0.15) is 0 Å². The zero-order valence-electron chi connectivity index (χ0n) is 40.5. The van der Waals surface area contributed by atoms with Crippen LogP contribution in [0.15, 0.2) is 109 Å². The molecule has 0 aliphatic carbocycles. The van der Waals surface area contributed by atoms with Gasteiger partial charge < -0.3 is 58.3 Å². The molecule has 2 aliphatic heterocycles. The molecule has 14 nitrogen and oxygen atoms in total. The highest BCUT2D eigenvalue weighted by atomic mass is 16.5. The number of ether oxygens (including phenoxy) is 8. The number of hydrogen-bond acceptors (Lipinski definition) is 10. The Labute approximate surface area is 403 Å². The molecular formula is C55H60N4O10. The minimum atomic E-state index is -0.297. The van der Waals surface area contributed by atoms with Crippen LogP contribution in [-0.2, 0) is 32.1 Å². The SMILES string of the molecule is COc1ccc(CC2c3cc(OC)c(OC)cc3CCN2C(=O)Nc2ccc(Cc3ccc(NC(=O)N4CCc5cc(OC)c(OC)cc5C4Cc4ccc(OC)c(OC)c4)cc3)cc2)cc1OC. The summed E-state index contributed by atoms with van der Waals surface area (Å²) in [7, 11) is 12.9. The lowest BCUT2D eigenvalue weighted by Gasteiger charge is -2.38. The van der Waals surface area contributed by atoms with Gasteiger partial charge in [0, 0.05) is 24.5 Å². The zero-order chi connectivity index (χ0) is 48.6. The number of benzene rings is 6. The molecule has 0 radical (unpaired) electrons. The maximum atomic E-state index is 14.2. The fourth-order valence-electron chi connectivity index (χ4n) is 9.48. The number of rotatable bonds is 16. The molecule has 0 fully saturated rings. The molecule has 2 unspecified atom stereocenters. The van der Waals surface area contributed by atoms with E-state index in [0.717, 1.165) is 44.5 Å². The number of nitrogens with one attached hydrogen (secondary N) is 2. The summed E-state index contributed by atoms with van der Waals surface area (Å²) < 4.78 is 44.8. The summed E-state index contributed by atoms with van der Waals surface area (Å²) in [6.07, 6.45) is 3.05. The maximum absolute atomic E-state index is 14.2. The van der Waals surface area contributed by atoms with Gasteiger partial charge in [0.25, 0.3) is 0 Å².